The third-order valence-electron chi connectivity index (χ3n) is 4.79. The predicted octanol–water partition coefficient (Wildman–Crippen LogP) is 4.80. The van der Waals surface area contributed by atoms with Crippen molar-refractivity contribution < 1.29 is 18.4 Å². The number of fused-ring (bicyclic) bond motifs is 1. The first-order chi connectivity index (χ1) is 15.6. The lowest BCUT2D eigenvalue weighted by molar-refractivity contribution is 0.0175. The number of thiophene rings is 1. The van der Waals surface area contributed by atoms with Crippen molar-refractivity contribution in [3.8, 4) is 11.3 Å². The molecule has 0 fully saturated rings. The number of alkyl halides is 2. The molecule has 4 rings (SSSR count). The lowest BCUT2D eigenvalue weighted by Crippen LogP contribution is -2.19. The molecule has 4 aromatic rings. The Hall–Kier alpha value is -4.12. The molecule has 3 amide bonds. The summed E-state index contributed by atoms with van der Waals surface area (Å²) >= 11 is 1.08. The van der Waals surface area contributed by atoms with Gasteiger partial charge in [-0.05, 0) is 24.3 Å². The monoisotopic (exact) mass is 468 g/mol. The fraction of sp³-hybridized carbons (Fsp3) is 0.0909. The summed E-state index contributed by atoms with van der Waals surface area (Å²) in [4.78, 5) is 33.2. The largest absolute Gasteiger partial charge is 0.397 e. The Labute approximate surface area is 190 Å². The van der Waals surface area contributed by atoms with Gasteiger partial charge < -0.3 is 22.1 Å². The molecule has 33 heavy (non-hydrogen) atoms. The summed E-state index contributed by atoms with van der Waals surface area (Å²) in [6.45, 7) is 0.805. The summed E-state index contributed by atoms with van der Waals surface area (Å²) in [5.41, 5.74) is 13.5. The maximum absolute atomic E-state index is 13.3. The molecule has 2 heterocycles. The number of halogens is 2. The van der Waals surface area contributed by atoms with E-state index in [-0.39, 0.29) is 16.1 Å². The molecule has 0 spiro atoms. The Morgan fingerprint density at radius 1 is 1.03 bits per heavy atom. The number of nitrogen functional groups attached to an aromatic ring is 1. The summed E-state index contributed by atoms with van der Waals surface area (Å²) in [6.07, 6.45) is 1.36. The molecule has 168 valence electrons. The zero-order valence-electron chi connectivity index (χ0n) is 17.2. The van der Waals surface area contributed by atoms with Crippen molar-refractivity contribution in [2.45, 2.75) is 12.8 Å². The second-order valence-electron chi connectivity index (χ2n) is 7.24. The highest BCUT2D eigenvalue weighted by Crippen LogP contribution is 2.38. The Balaban J connectivity index is 1.56. The summed E-state index contributed by atoms with van der Waals surface area (Å²) in [6, 6.07) is 11.6. The van der Waals surface area contributed by atoms with Crippen LogP contribution >= 0.6 is 11.3 Å². The third-order valence-corrected chi connectivity index (χ3v) is 5.92. The number of nitrogens with one attached hydrogen (secondary N) is 2. The summed E-state index contributed by atoms with van der Waals surface area (Å²) in [5, 5.41) is 5.79. The summed E-state index contributed by atoms with van der Waals surface area (Å²) < 4.78 is 26.7. The van der Waals surface area contributed by atoms with Crippen LogP contribution < -0.4 is 22.1 Å². The Bertz CT molecular complexity index is 1370. The minimum Gasteiger partial charge on any atom is -0.397 e. The van der Waals surface area contributed by atoms with Crippen molar-refractivity contribution in [2.75, 3.05) is 16.4 Å². The molecule has 2 aromatic heterocycles. The number of rotatable bonds is 5. The van der Waals surface area contributed by atoms with Gasteiger partial charge in [0.25, 0.3) is 11.8 Å². The second-order valence-corrected chi connectivity index (χ2v) is 8.24. The van der Waals surface area contributed by atoms with Gasteiger partial charge in [0.1, 0.15) is 16.0 Å². The standard InChI is InChI=1S/C22H18F2N6O2S/c1-22(23,24)12-5-7-13(8-6-12)29-21(32)30-14-4-2-3-11(9-14)17-15-16(25)18(19(26)31)33-20(15)28-10-27-17/h2-10H,25H2,1H3,(H2,26,31)(H2,29,30,32). The third kappa shape index (κ3) is 4.58. The van der Waals surface area contributed by atoms with Crippen molar-refractivity contribution in [1.29, 1.82) is 0 Å². The molecule has 0 atom stereocenters. The minimum atomic E-state index is -2.96. The summed E-state index contributed by atoms with van der Waals surface area (Å²) in [5.74, 6) is -3.61. The van der Waals surface area contributed by atoms with Gasteiger partial charge in [0.05, 0.1) is 16.8 Å². The highest BCUT2D eigenvalue weighted by Gasteiger charge is 2.24. The van der Waals surface area contributed by atoms with E-state index in [9.17, 15) is 18.4 Å². The molecule has 2 aromatic carbocycles. The van der Waals surface area contributed by atoms with Crippen LogP contribution in [0.4, 0.5) is 30.6 Å². The van der Waals surface area contributed by atoms with Crippen molar-refractivity contribution in [3.63, 3.8) is 0 Å². The van der Waals surface area contributed by atoms with Crippen LogP contribution in [0.1, 0.15) is 22.2 Å². The van der Waals surface area contributed by atoms with Crippen molar-refractivity contribution in [2.24, 2.45) is 5.73 Å². The van der Waals surface area contributed by atoms with Crippen LogP contribution in [0.15, 0.2) is 54.9 Å². The number of benzene rings is 2. The molecule has 0 aliphatic carbocycles. The molecule has 0 aliphatic heterocycles. The molecule has 6 N–H and O–H groups in total. The van der Waals surface area contributed by atoms with Crippen LogP contribution in [0.25, 0.3) is 21.5 Å². The van der Waals surface area contributed by atoms with Gasteiger partial charge in [-0.3, -0.25) is 4.79 Å². The first-order valence-electron chi connectivity index (χ1n) is 9.63. The van der Waals surface area contributed by atoms with E-state index in [2.05, 4.69) is 20.6 Å². The van der Waals surface area contributed by atoms with Gasteiger partial charge >= 0.3 is 6.03 Å². The number of carbonyl (C=O) groups excluding carboxylic acids is 2. The predicted molar refractivity (Wildman–Crippen MR) is 124 cm³/mol. The lowest BCUT2D eigenvalue weighted by Gasteiger charge is -2.12. The zero-order chi connectivity index (χ0) is 23.8. The number of amides is 3. The molecular formula is C22H18F2N6O2S. The highest BCUT2D eigenvalue weighted by atomic mass is 32.1. The number of aromatic nitrogens is 2. The molecule has 11 heteroatoms. The Morgan fingerprint density at radius 3 is 2.39 bits per heavy atom. The van der Waals surface area contributed by atoms with Crippen LogP contribution in [0.3, 0.4) is 0 Å². The molecule has 0 bridgehead atoms. The van der Waals surface area contributed by atoms with Crippen molar-refractivity contribution in [3.05, 3.63) is 65.3 Å². The molecular weight excluding hydrogens is 450 g/mol. The van der Waals surface area contributed by atoms with Crippen molar-refractivity contribution in [1.82, 2.24) is 9.97 Å². The van der Waals surface area contributed by atoms with Gasteiger partial charge in [0.2, 0.25) is 0 Å². The van der Waals surface area contributed by atoms with Gasteiger partial charge in [-0.1, -0.05) is 24.3 Å². The number of urea groups is 1. The van der Waals surface area contributed by atoms with Gasteiger partial charge in [0.15, 0.2) is 0 Å². The van der Waals surface area contributed by atoms with Crippen molar-refractivity contribution >= 4 is 50.6 Å². The highest BCUT2D eigenvalue weighted by molar-refractivity contribution is 7.21. The number of hydrogen-bond donors (Lipinski definition) is 4. The van der Waals surface area contributed by atoms with Crippen LogP contribution in [0.2, 0.25) is 0 Å². The van der Waals surface area contributed by atoms with E-state index in [0.717, 1.165) is 18.3 Å². The quantitative estimate of drug-likeness (QED) is 0.334. The molecule has 0 saturated heterocycles. The SMILES string of the molecule is CC(F)(F)c1ccc(NC(=O)Nc2cccc(-c3ncnc4sc(C(N)=O)c(N)c34)c2)cc1. The summed E-state index contributed by atoms with van der Waals surface area (Å²) in [7, 11) is 0. The maximum Gasteiger partial charge on any atom is 0.323 e. The number of nitrogens with two attached hydrogens (primary N) is 2. The average molecular weight is 468 g/mol. The van der Waals surface area contributed by atoms with Crippen LogP contribution in [-0.2, 0) is 5.92 Å². The molecule has 0 radical (unpaired) electrons. The molecule has 0 unspecified atom stereocenters. The van der Waals surface area contributed by atoms with Crippen LogP contribution in [0, 0.1) is 0 Å². The van der Waals surface area contributed by atoms with E-state index in [1.54, 1.807) is 24.3 Å². The topological polar surface area (TPSA) is 136 Å². The van der Waals surface area contributed by atoms with E-state index >= 15 is 0 Å². The van der Waals surface area contributed by atoms with E-state index in [0.29, 0.717) is 32.8 Å². The number of primary amides is 1. The Kier molecular flexibility index (Phi) is 5.64. The van der Waals surface area contributed by atoms with Gasteiger partial charge in [-0.25, -0.2) is 23.5 Å². The number of nitrogens with zero attached hydrogens (tertiary/aromatic N) is 2. The first-order valence-corrected chi connectivity index (χ1v) is 10.4. The zero-order valence-corrected chi connectivity index (χ0v) is 18.0. The van der Waals surface area contributed by atoms with Gasteiger partial charge in [-0.2, -0.15) is 0 Å². The van der Waals surface area contributed by atoms with Crippen LogP contribution in [-0.4, -0.2) is 21.9 Å². The normalized spacial score (nSPS) is 11.4. The molecule has 8 nitrogen and oxygen atoms in total. The minimum absolute atomic E-state index is 0.149. The lowest BCUT2D eigenvalue weighted by atomic mass is 10.1. The van der Waals surface area contributed by atoms with Gasteiger partial charge in [0, 0.05) is 29.4 Å². The maximum atomic E-state index is 13.3. The number of hydrogen-bond acceptors (Lipinski definition) is 6. The average Bonchev–Trinajstić information content (AvgIpc) is 3.11. The molecule has 0 saturated carbocycles. The molecule has 0 aliphatic rings. The number of anilines is 3. The van der Waals surface area contributed by atoms with E-state index < -0.39 is 17.9 Å². The van der Waals surface area contributed by atoms with Crippen LogP contribution in [0.5, 0.6) is 0 Å². The van der Waals surface area contributed by atoms with E-state index in [1.165, 1.54) is 30.6 Å². The first kappa shape index (κ1) is 22.1. The fourth-order valence-corrected chi connectivity index (χ4v) is 4.16. The number of carbonyl (C=O) groups is 2. The fourth-order valence-electron chi connectivity index (χ4n) is 3.24. The Morgan fingerprint density at radius 2 is 1.73 bits per heavy atom. The van der Waals surface area contributed by atoms with E-state index in [1.807, 2.05) is 0 Å². The van der Waals surface area contributed by atoms with E-state index in [4.69, 9.17) is 11.5 Å². The second kappa shape index (κ2) is 8.43. The smallest absolute Gasteiger partial charge is 0.323 e. The van der Waals surface area contributed by atoms with Gasteiger partial charge in [-0.15, -0.1) is 11.3 Å².